The van der Waals surface area contributed by atoms with Gasteiger partial charge in [-0.3, -0.25) is 9.79 Å². The average Bonchev–Trinajstić information content (AvgIpc) is 3.15. The molecule has 1 N–H and O–H groups in total. The van der Waals surface area contributed by atoms with Crippen molar-refractivity contribution in [1.82, 2.24) is 0 Å². The number of amidine groups is 1. The van der Waals surface area contributed by atoms with Crippen molar-refractivity contribution in [1.29, 1.82) is 0 Å². The minimum absolute atomic E-state index is 0.0421. The molecule has 0 bridgehead atoms. The third-order valence-electron chi connectivity index (χ3n) is 5.29. The number of rotatable bonds is 4. The molecule has 0 unspecified atom stereocenters. The highest BCUT2D eigenvalue weighted by Crippen LogP contribution is 2.35. The fourth-order valence-corrected chi connectivity index (χ4v) is 6.75. The molecule has 0 radical (unpaired) electrons. The van der Waals surface area contributed by atoms with Gasteiger partial charge in [0.1, 0.15) is 0 Å². The van der Waals surface area contributed by atoms with E-state index in [2.05, 4.69) is 10.3 Å². The molecule has 2 aromatic carbocycles. The van der Waals surface area contributed by atoms with E-state index >= 15 is 0 Å². The van der Waals surface area contributed by atoms with Gasteiger partial charge >= 0.3 is 0 Å². The summed E-state index contributed by atoms with van der Waals surface area (Å²) in [4.78, 5) is 19.2. The van der Waals surface area contributed by atoms with Crippen molar-refractivity contribution >= 4 is 55.6 Å². The van der Waals surface area contributed by atoms with Crippen molar-refractivity contribution < 1.29 is 13.2 Å². The van der Waals surface area contributed by atoms with E-state index in [4.69, 9.17) is 11.6 Å². The lowest BCUT2D eigenvalue weighted by Crippen LogP contribution is -2.39. The van der Waals surface area contributed by atoms with Gasteiger partial charge in [0, 0.05) is 16.4 Å². The van der Waals surface area contributed by atoms with E-state index in [9.17, 15) is 13.2 Å². The fourth-order valence-electron chi connectivity index (χ4n) is 3.85. The fraction of sp³-hybridized carbons (Fsp3) is 0.333. The number of nitrogens with zero attached hydrogens (tertiary/aromatic N) is 2. The Morgan fingerprint density at radius 2 is 1.83 bits per heavy atom. The van der Waals surface area contributed by atoms with Crippen LogP contribution in [0.5, 0.6) is 0 Å². The Kier molecular flexibility index (Phi) is 5.83. The summed E-state index contributed by atoms with van der Waals surface area (Å²) in [7, 11) is -3.12. The Morgan fingerprint density at radius 1 is 1.17 bits per heavy atom. The maximum absolute atomic E-state index is 12.6. The number of carbonyl (C=O) groups excluding carboxylic acids is 1. The first-order chi connectivity index (χ1) is 14.2. The van der Waals surface area contributed by atoms with Gasteiger partial charge in [-0.1, -0.05) is 41.6 Å². The lowest BCUT2D eigenvalue weighted by molar-refractivity contribution is -0.113. The minimum atomic E-state index is -3.12. The molecule has 0 saturated carbocycles. The van der Waals surface area contributed by atoms with E-state index in [1.807, 2.05) is 49.1 Å². The third-order valence-corrected chi connectivity index (χ3v) is 8.21. The quantitative estimate of drug-likeness (QED) is 0.748. The summed E-state index contributed by atoms with van der Waals surface area (Å²) < 4.78 is 24.3. The van der Waals surface area contributed by atoms with Gasteiger partial charge in [-0.25, -0.2) is 8.42 Å². The van der Waals surface area contributed by atoms with Crippen LogP contribution < -0.4 is 10.2 Å². The lowest BCUT2D eigenvalue weighted by Gasteiger charge is -2.26. The van der Waals surface area contributed by atoms with Crippen molar-refractivity contribution in [2.75, 3.05) is 27.5 Å². The minimum Gasteiger partial charge on any atom is -0.325 e. The van der Waals surface area contributed by atoms with Gasteiger partial charge < -0.3 is 10.2 Å². The summed E-state index contributed by atoms with van der Waals surface area (Å²) in [5, 5.41) is 4.25. The normalized spacial score (nSPS) is 22.0. The molecule has 0 aromatic heterocycles. The summed E-state index contributed by atoms with van der Waals surface area (Å²) in [6.07, 6.45) is 0. The highest BCUT2D eigenvalue weighted by molar-refractivity contribution is 8.14. The number of nitrogens with one attached hydrogen (secondary N) is 1. The summed E-state index contributed by atoms with van der Waals surface area (Å²) in [5.41, 5.74) is 3.67. The second-order valence-corrected chi connectivity index (χ2v) is 11.1. The van der Waals surface area contributed by atoms with E-state index in [1.54, 1.807) is 12.1 Å². The number of hydrogen-bond acceptors (Lipinski definition) is 6. The number of anilines is 2. The summed E-state index contributed by atoms with van der Waals surface area (Å²) in [6, 6.07) is 12.5. The molecule has 2 aliphatic heterocycles. The molecule has 2 aromatic rings. The van der Waals surface area contributed by atoms with Crippen molar-refractivity contribution in [3.63, 3.8) is 0 Å². The average molecular weight is 464 g/mol. The SMILES string of the molecule is Cc1cccc(C)c1NC(=O)CSC1=N[C@H]2CS(=O)(=O)C[C@@H]2N1c1ccc(Cl)cc1. The van der Waals surface area contributed by atoms with Gasteiger partial charge in [0.05, 0.1) is 29.3 Å². The van der Waals surface area contributed by atoms with Crippen molar-refractivity contribution in [3.05, 3.63) is 58.6 Å². The molecule has 158 valence electrons. The van der Waals surface area contributed by atoms with Crippen LogP contribution in [0.4, 0.5) is 11.4 Å². The van der Waals surface area contributed by atoms with E-state index in [1.165, 1.54) is 11.8 Å². The number of halogens is 1. The van der Waals surface area contributed by atoms with Crippen LogP contribution in [0, 0.1) is 13.8 Å². The highest BCUT2D eigenvalue weighted by atomic mass is 35.5. The smallest absolute Gasteiger partial charge is 0.234 e. The number of fused-ring (bicyclic) bond motifs is 1. The summed E-state index contributed by atoms with van der Waals surface area (Å²) in [5.74, 6) is 0.159. The first kappa shape index (κ1) is 21.2. The number of carbonyl (C=O) groups is 1. The van der Waals surface area contributed by atoms with Crippen LogP contribution in [-0.4, -0.2) is 48.8 Å². The second kappa shape index (κ2) is 8.24. The Hall–Kier alpha value is -2.03. The molecule has 9 heteroatoms. The molecule has 0 aliphatic carbocycles. The topological polar surface area (TPSA) is 78.8 Å². The number of hydrogen-bond donors (Lipinski definition) is 1. The number of benzene rings is 2. The van der Waals surface area contributed by atoms with Gasteiger partial charge in [-0.2, -0.15) is 0 Å². The molecule has 0 spiro atoms. The van der Waals surface area contributed by atoms with Crippen LogP contribution in [0.25, 0.3) is 0 Å². The molecular weight excluding hydrogens is 442 g/mol. The molecule has 2 atom stereocenters. The van der Waals surface area contributed by atoms with E-state index in [-0.39, 0.29) is 35.2 Å². The van der Waals surface area contributed by atoms with Crippen LogP contribution in [-0.2, 0) is 14.6 Å². The molecule has 2 heterocycles. The Labute approximate surface area is 185 Å². The number of sulfone groups is 1. The zero-order valence-corrected chi connectivity index (χ0v) is 19.0. The number of amides is 1. The maximum Gasteiger partial charge on any atom is 0.234 e. The molecule has 1 amide bonds. The van der Waals surface area contributed by atoms with Gasteiger partial charge in [0.2, 0.25) is 5.91 Å². The van der Waals surface area contributed by atoms with Crippen molar-refractivity contribution in [3.8, 4) is 0 Å². The number of thioether (sulfide) groups is 1. The Morgan fingerprint density at radius 3 is 2.50 bits per heavy atom. The Bertz CT molecular complexity index is 1100. The predicted octanol–water partition coefficient (Wildman–Crippen LogP) is 3.67. The predicted molar refractivity (Wildman–Crippen MR) is 125 cm³/mol. The van der Waals surface area contributed by atoms with Gasteiger partial charge in [0.25, 0.3) is 0 Å². The summed E-state index contributed by atoms with van der Waals surface area (Å²) in [6.45, 7) is 3.92. The molecule has 1 fully saturated rings. The molecule has 6 nitrogen and oxygen atoms in total. The van der Waals surface area contributed by atoms with E-state index in [0.29, 0.717) is 10.2 Å². The number of para-hydroxylation sites is 1. The monoisotopic (exact) mass is 463 g/mol. The van der Waals surface area contributed by atoms with E-state index in [0.717, 1.165) is 22.5 Å². The third kappa shape index (κ3) is 4.36. The zero-order valence-electron chi connectivity index (χ0n) is 16.6. The van der Waals surface area contributed by atoms with Gasteiger partial charge in [0.15, 0.2) is 15.0 Å². The molecule has 30 heavy (non-hydrogen) atoms. The van der Waals surface area contributed by atoms with Gasteiger partial charge in [-0.15, -0.1) is 0 Å². The first-order valence-electron chi connectivity index (χ1n) is 9.55. The summed E-state index contributed by atoms with van der Waals surface area (Å²) >= 11 is 7.34. The zero-order chi connectivity index (χ0) is 21.5. The van der Waals surface area contributed by atoms with Crippen molar-refractivity contribution in [2.45, 2.75) is 25.9 Å². The molecular formula is C21H22ClN3O3S2. The van der Waals surface area contributed by atoms with Gasteiger partial charge in [-0.05, 0) is 49.2 Å². The van der Waals surface area contributed by atoms with E-state index < -0.39 is 9.84 Å². The van der Waals surface area contributed by atoms with Crippen LogP contribution in [0.1, 0.15) is 11.1 Å². The molecule has 1 saturated heterocycles. The molecule has 4 rings (SSSR count). The standard InChI is InChI=1S/C21H22ClN3O3S2/c1-13-4-3-5-14(2)20(13)24-19(26)10-29-21-23-17-11-30(27,28)12-18(17)25(21)16-8-6-15(22)7-9-16/h3-9,17-18H,10-12H2,1-2H3,(H,24,26)/t17-,18-/m0/s1. The second-order valence-electron chi connectivity index (χ2n) is 7.57. The number of aryl methyl sites for hydroxylation is 2. The lowest BCUT2D eigenvalue weighted by atomic mass is 10.1. The molecule has 2 aliphatic rings. The van der Waals surface area contributed by atoms with Crippen LogP contribution in [0.2, 0.25) is 5.02 Å². The van der Waals surface area contributed by atoms with Crippen molar-refractivity contribution in [2.24, 2.45) is 4.99 Å². The first-order valence-corrected chi connectivity index (χ1v) is 12.7. The van der Waals surface area contributed by atoms with Crippen LogP contribution >= 0.6 is 23.4 Å². The largest absolute Gasteiger partial charge is 0.325 e. The van der Waals surface area contributed by atoms with Crippen LogP contribution in [0.3, 0.4) is 0 Å². The van der Waals surface area contributed by atoms with Crippen LogP contribution in [0.15, 0.2) is 47.5 Å². The Balaban J connectivity index is 1.51. The highest BCUT2D eigenvalue weighted by Gasteiger charge is 2.47. The maximum atomic E-state index is 12.6. The number of aliphatic imine (C=N–C) groups is 1.